The SMILES string of the molecule is CC1(C)OCC(C)(C(=O)CC(=O)Nc2cc([N+](=O)[O-])ccc2Cl)CO1. The van der Waals surface area contributed by atoms with E-state index in [4.69, 9.17) is 21.1 Å². The average molecular weight is 371 g/mol. The topological polar surface area (TPSA) is 108 Å². The van der Waals surface area contributed by atoms with Gasteiger partial charge in [0, 0.05) is 12.1 Å². The molecule has 1 amide bonds. The highest BCUT2D eigenvalue weighted by molar-refractivity contribution is 6.33. The molecule has 1 N–H and O–H groups in total. The van der Waals surface area contributed by atoms with Crippen molar-refractivity contribution in [3.63, 3.8) is 0 Å². The molecule has 1 fully saturated rings. The van der Waals surface area contributed by atoms with Gasteiger partial charge in [-0.2, -0.15) is 0 Å². The summed E-state index contributed by atoms with van der Waals surface area (Å²) in [6.45, 7) is 5.44. The number of carbonyl (C=O) groups is 2. The van der Waals surface area contributed by atoms with Gasteiger partial charge in [-0.1, -0.05) is 11.6 Å². The van der Waals surface area contributed by atoms with Crippen LogP contribution in [0.5, 0.6) is 0 Å². The normalized spacial score (nSPS) is 18.4. The van der Waals surface area contributed by atoms with Crippen molar-refractivity contribution in [1.29, 1.82) is 0 Å². The minimum absolute atomic E-state index is 0.0797. The lowest BCUT2D eigenvalue weighted by Crippen LogP contribution is -2.49. The van der Waals surface area contributed by atoms with Crippen LogP contribution in [0.4, 0.5) is 11.4 Å². The van der Waals surface area contributed by atoms with Gasteiger partial charge in [-0.15, -0.1) is 0 Å². The van der Waals surface area contributed by atoms with Crippen LogP contribution < -0.4 is 5.32 Å². The number of amides is 1. The predicted molar refractivity (Wildman–Crippen MR) is 90.5 cm³/mol. The van der Waals surface area contributed by atoms with Gasteiger partial charge < -0.3 is 14.8 Å². The monoisotopic (exact) mass is 370 g/mol. The summed E-state index contributed by atoms with van der Waals surface area (Å²) >= 11 is 5.93. The van der Waals surface area contributed by atoms with Gasteiger partial charge in [0.25, 0.3) is 5.69 Å². The van der Waals surface area contributed by atoms with Crippen LogP contribution in [0, 0.1) is 15.5 Å². The van der Waals surface area contributed by atoms with E-state index in [0.29, 0.717) is 0 Å². The van der Waals surface area contributed by atoms with Gasteiger partial charge >= 0.3 is 0 Å². The Hall–Kier alpha value is -2.03. The van der Waals surface area contributed by atoms with Crippen LogP contribution in [0.1, 0.15) is 27.2 Å². The van der Waals surface area contributed by atoms with E-state index in [9.17, 15) is 19.7 Å². The van der Waals surface area contributed by atoms with Crippen LogP contribution in [0.25, 0.3) is 0 Å². The lowest BCUT2D eigenvalue weighted by molar-refractivity contribution is -0.384. The molecule has 8 nitrogen and oxygen atoms in total. The second-order valence-electron chi connectivity index (χ2n) is 6.61. The number of ether oxygens (including phenoxy) is 2. The zero-order chi connectivity index (χ0) is 18.8. The van der Waals surface area contributed by atoms with Crippen LogP contribution in [0.2, 0.25) is 5.02 Å². The lowest BCUT2D eigenvalue weighted by atomic mass is 9.84. The van der Waals surface area contributed by atoms with Crippen LogP contribution in [0.3, 0.4) is 0 Å². The van der Waals surface area contributed by atoms with Gasteiger partial charge in [-0.3, -0.25) is 19.7 Å². The first-order valence-electron chi connectivity index (χ1n) is 7.57. The number of hydrogen-bond acceptors (Lipinski definition) is 6. The first-order valence-corrected chi connectivity index (χ1v) is 7.95. The fourth-order valence-corrected chi connectivity index (χ4v) is 2.35. The molecule has 0 radical (unpaired) electrons. The van der Waals surface area contributed by atoms with Crippen molar-refractivity contribution in [2.75, 3.05) is 18.5 Å². The molecular weight excluding hydrogens is 352 g/mol. The molecule has 1 saturated heterocycles. The minimum Gasteiger partial charge on any atom is -0.349 e. The maximum Gasteiger partial charge on any atom is 0.271 e. The Balaban J connectivity index is 2.02. The summed E-state index contributed by atoms with van der Waals surface area (Å²) < 4.78 is 11.0. The smallest absolute Gasteiger partial charge is 0.271 e. The maximum atomic E-state index is 12.4. The van der Waals surface area contributed by atoms with Crippen molar-refractivity contribution in [3.8, 4) is 0 Å². The number of non-ortho nitro benzene ring substituents is 1. The molecule has 1 aromatic carbocycles. The number of hydrogen-bond donors (Lipinski definition) is 1. The zero-order valence-corrected chi connectivity index (χ0v) is 14.9. The second kappa shape index (κ2) is 7.07. The molecule has 0 unspecified atom stereocenters. The number of halogens is 1. The van der Waals surface area contributed by atoms with E-state index in [2.05, 4.69) is 5.32 Å². The number of rotatable bonds is 5. The molecule has 0 bridgehead atoms. The van der Waals surface area contributed by atoms with Gasteiger partial charge in [0.15, 0.2) is 11.6 Å². The highest BCUT2D eigenvalue weighted by Crippen LogP contribution is 2.31. The molecule has 0 saturated carbocycles. The Morgan fingerprint density at radius 3 is 2.44 bits per heavy atom. The number of anilines is 1. The Labute approximate surface area is 149 Å². The van der Waals surface area contributed by atoms with Crippen molar-refractivity contribution in [2.24, 2.45) is 5.41 Å². The molecule has 1 heterocycles. The number of Topliss-reactive ketones (excluding diaryl/α,β-unsaturated/α-hetero) is 1. The van der Waals surface area contributed by atoms with Gasteiger partial charge in [0.2, 0.25) is 5.91 Å². The fraction of sp³-hybridized carbons (Fsp3) is 0.500. The Morgan fingerprint density at radius 2 is 1.88 bits per heavy atom. The molecule has 0 atom stereocenters. The largest absolute Gasteiger partial charge is 0.349 e. The van der Waals surface area contributed by atoms with Crippen molar-refractivity contribution < 1.29 is 24.0 Å². The number of nitrogens with one attached hydrogen (secondary N) is 1. The number of nitro groups is 1. The third-order valence-electron chi connectivity index (χ3n) is 3.91. The number of benzene rings is 1. The maximum absolute atomic E-state index is 12.4. The van der Waals surface area contributed by atoms with Crippen LogP contribution in [0.15, 0.2) is 18.2 Å². The third kappa shape index (κ3) is 4.75. The Bertz CT molecular complexity index is 709. The molecule has 2 rings (SSSR count). The minimum atomic E-state index is -0.931. The Kier molecular flexibility index (Phi) is 5.46. The Morgan fingerprint density at radius 1 is 1.28 bits per heavy atom. The molecule has 1 aliphatic rings. The molecule has 136 valence electrons. The van der Waals surface area contributed by atoms with Crippen molar-refractivity contribution >= 4 is 34.7 Å². The summed E-state index contributed by atoms with van der Waals surface area (Å²) in [5, 5.41) is 13.4. The van der Waals surface area contributed by atoms with Crippen LogP contribution >= 0.6 is 11.6 Å². The number of nitro benzene ring substituents is 1. The summed E-state index contributed by atoms with van der Waals surface area (Å²) in [6, 6.07) is 3.67. The molecule has 0 aromatic heterocycles. The summed E-state index contributed by atoms with van der Waals surface area (Å²) in [6.07, 6.45) is -0.414. The molecule has 9 heteroatoms. The lowest BCUT2D eigenvalue weighted by Gasteiger charge is -2.40. The van der Waals surface area contributed by atoms with E-state index in [0.717, 1.165) is 6.07 Å². The molecule has 0 aliphatic carbocycles. The number of carbonyl (C=O) groups excluding carboxylic acids is 2. The molecule has 0 spiro atoms. The van der Waals surface area contributed by atoms with Crippen LogP contribution in [-0.4, -0.2) is 35.6 Å². The number of nitrogens with zero attached hydrogens (tertiary/aromatic N) is 1. The zero-order valence-electron chi connectivity index (χ0n) is 14.1. The van der Waals surface area contributed by atoms with Gasteiger partial charge in [-0.05, 0) is 26.8 Å². The first-order chi connectivity index (χ1) is 11.5. The molecular formula is C16H19ClN2O6. The third-order valence-corrected chi connectivity index (χ3v) is 4.24. The van der Waals surface area contributed by atoms with E-state index >= 15 is 0 Å². The summed E-state index contributed by atoms with van der Waals surface area (Å²) in [4.78, 5) is 34.8. The van der Waals surface area contributed by atoms with Crippen molar-refractivity contribution in [1.82, 2.24) is 0 Å². The van der Waals surface area contributed by atoms with Crippen LogP contribution in [-0.2, 0) is 19.1 Å². The highest BCUT2D eigenvalue weighted by Gasteiger charge is 2.42. The molecule has 25 heavy (non-hydrogen) atoms. The summed E-state index contributed by atoms with van der Waals surface area (Å²) in [7, 11) is 0. The van der Waals surface area contributed by atoms with Gasteiger partial charge in [0.05, 0.1) is 40.7 Å². The van der Waals surface area contributed by atoms with Crippen molar-refractivity contribution in [3.05, 3.63) is 33.3 Å². The van der Waals surface area contributed by atoms with Gasteiger partial charge in [-0.25, -0.2) is 0 Å². The average Bonchev–Trinajstić information content (AvgIpc) is 2.52. The second-order valence-corrected chi connectivity index (χ2v) is 7.01. The van der Waals surface area contributed by atoms with E-state index in [-0.39, 0.29) is 35.4 Å². The summed E-state index contributed by atoms with van der Waals surface area (Å²) in [5.41, 5.74) is -1.07. The summed E-state index contributed by atoms with van der Waals surface area (Å²) in [5.74, 6) is -1.72. The predicted octanol–water partition coefficient (Wildman–Crippen LogP) is 2.94. The van der Waals surface area contributed by atoms with Gasteiger partial charge in [0.1, 0.15) is 0 Å². The quantitative estimate of drug-likeness (QED) is 0.485. The van der Waals surface area contributed by atoms with E-state index in [1.54, 1.807) is 20.8 Å². The van der Waals surface area contributed by atoms with E-state index < -0.39 is 28.5 Å². The van der Waals surface area contributed by atoms with Crippen molar-refractivity contribution in [2.45, 2.75) is 33.0 Å². The fourth-order valence-electron chi connectivity index (χ4n) is 2.19. The standard InChI is InChI=1S/C16H19ClN2O6/c1-15(2)24-8-16(3,9-25-15)13(20)7-14(21)18-12-6-10(19(22)23)4-5-11(12)17/h4-6H,7-9H2,1-3H3,(H,18,21). The molecule has 1 aromatic rings. The number of ketones is 1. The van der Waals surface area contributed by atoms with E-state index in [1.807, 2.05) is 0 Å². The molecule has 1 aliphatic heterocycles. The highest BCUT2D eigenvalue weighted by atomic mass is 35.5. The van der Waals surface area contributed by atoms with E-state index in [1.165, 1.54) is 12.1 Å². The first kappa shape index (κ1) is 19.3.